The SMILES string of the molecule is C1=Cc2c(c3ccccc3n2-c2ccc(-c3cc(-c4ccccn4)nc(-c4cc5ccccc5c5ccccc45)c3)cc2)CN1.I. The van der Waals surface area contributed by atoms with Crippen LogP contribution in [0.15, 0.2) is 146 Å². The van der Waals surface area contributed by atoms with Gasteiger partial charge in [0.2, 0.25) is 0 Å². The van der Waals surface area contributed by atoms with E-state index in [1.54, 1.807) is 0 Å². The molecule has 0 radical (unpaired) electrons. The minimum Gasteiger partial charge on any atom is -0.387 e. The quantitative estimate of drug-likeness (QED) is 0.147. The van der Waals surface area contributed by atoms with Gasteiger partial charge >= 0.3 is 0 Å². The lowest BCUT2D eigenvalue weighted by molar-refractivity contribution is 0.855. The topological polar surface area (TPSA) is 42.7 Å². The smallest absolute Gasteiger partial charge is 0.0899 e. The van der Waals surface area contributed by atoms with Gasteiger partial charge in [-0.25, -0.2) is 4.98 Å². The number of rotatable bonds is 4. The number of hydrogen-bond donors (Lipinski definition) is 1. The Morgan fingerprint density at radius 3 is 2.13 bits per heavy atom. The van der Waals surface area contributed by atoms with Crippen molar-refractivity contribution in [3.8, 4) is 39.5 Å². The van der Waals surface area contributed by atoms with Gasteiger partial charge in [0.25, 0.3) is 0 Å². The lowest BCUT2D eigenvalue weighted by Gasteiger charge is -2.15. The minimum atomic E-state index is 0. The van der Waals surface area contributed by atoms with Crippen molar-refractivity contribution in [1.29, 1.82) is 0 Å². The van der Waals surface area contributed by atoms with Crippen molar-refractivity contribution in [1.82, 2.24) is 19.9 Å². The zero-order valence-electron chi connectivity index (χ0n) is 24.9. The highest BCUT2D eigenvalue weighted by Crippen LogP contribution is 2.38. The van der Waals surface area contributed by atoms with Crippen molar-refractivity contribution in [2.45, 2.75) is 6.54 Å². The Morgan fingerprint density at radius 2 is 1.30 bits per heavy atom. The van der Waals surface area contributed by atoms with E-state index in [0.29, 0.717) is 0 Å². The molecule has 1 aliphatic heterocycles. The number of para-hydroxylation sites is 1. The molecular formula is C41H29IN4. The van der Waals surface area contributed by atoms with E-state index in [9.17, 15) is 0 Å². The second-order valence-electron chi connectivity index (χ2n) is 11.5. The number of nitrogens with zero attached hydrogens (tertiary/aromatic N) is 3. The normalized spacial score (nSPS) is 12.2. The fraction of sp³-hybridized carbons (Fsp3) is 0.0244. The number of aromatic nitrogens is 3. The molecule has 0 unspecified atom stereocenters. The summed E-state index contributed by atoms with van der Waals surface area (Å²) in [6, 6.07) is 47.4. The van der Waals surface area contributed by atoms with Gasteiger partial charge in [0.1, 0.15) is 0 Å². The molecule has 4 heterocycles. The number of fused-ring (bicyclic) bond motifs is 6. The van der Waals surface area contributed by atoms with E-state index in [0.717, 1.165) is 46.0 Å². The Bertz CT molecular complexity index is 2430. The molecule has 9 rings (SSSR count). The van der Waals surface area contributed by atoms with Crippen LogP contribution in [0.25, 0.3) is 78.0 Å². The van der Waals surface area contributed by atoms with Crippen molar-refractivity contribution >= 4 is 62.5 Å². The molecule has 5 heteroatoms. The van der Waals surface area contributed by atoms with E-state index >= 15 is 0 Å². The van der Waals surface area contributed by atoms with Crippen molar-refractivity contribution in [2.75, 3.05) is 0 Å². The first kappa shape index (κ1) is 28.2. The highest BCUT2D eigenvalue weighted by atomic mass is 127. The maximum absolute atomic E-state index is 5.22. The number of halogens is 1. The Morgan fingerprint density at radius 1 is 0.587 bits per heavy atom. The Balaban J connectivity index is 0.00000312. The minimum absolute atomic E-state index is 0. The molecule has 3 aromatic heterocycles. The summed E-state index contributed by atoms with van der Waals surface area (Å²) in [5.41, 5.74) is 10.9. The summed E-state index contributed by atoms with van der Waals surface area (Å²) in [4.78, 5) is 9.89. The van der Waals surface area contributed by atoms with Crippen LogP contribution in [-0.4, -0.2) is 14.5 Å². The summed E-state index contributed by atoms with van der Waals surface area (Å²) >= 11 is 0. The fourth-order valence-corrected chi connectivity index (χ4v) is 6.81. The van der Waals surface area contributed by atoms with E-state index in [4.69, 9.17) is 4.98 Å². The molecule has 8 aromatic rings. The molecule has 0 aliphatic carbocycles. The highest BCUT2D eigenvalue weighted by Gasteiger charge is 2.18. The summed E-state index contributed by atoms with van der Waals surface area (Å²) in [6.07, 6.45) is 6.05. The van der Waals surface area contributed by atoms with Crippen molar-refractivity contribution < 1.29 is 0 Å². The van der Waals surface area contributed by atoms with E-state index in [-0.39, 0.29) is 24.0 Å². The lowest BCUT2D eigenvalue weighted by Crippen LogP contribution is -2.10. The maximum atomic E-state index is 5.22. The highest BCUT2D eigenvalue weighted by molar-refractivity contribution is 14.0. The van der Waals surface area contributed by atoms with Crippen LogP contribution in [0.1, 0.15) is 11.3 Å². The van der Waals surface area contributed by atoms with Crippen LogP contribution in [0.4, 0.5) is 0 Å². The molecule has 0 saturated heterocycles. The number of pyridine rings is 2. The molecule has 0 saturated carbocycles. The van der Waals surface area contributed by atoms with E-state index in [2.05, 4.69) is 136 Å². The summed E-state index contributed by atoms with van der Waals surface area (Å²) in [5.74, 6) is 0. The molecular weight excluding hydrogens is 675 g/mol. The van der Waals surface area contributed by atoms with Gasteiger partial charge in [-0.3, -0.25) is 4.98 Å². The van der Waals surface area contributed by atoms with Gasteiger partial charge in [-0.15, -0.1) is 24.0 Å². The molecule has 1 aliphatic rings. The zero-order chi connectivity index (χ0) is 29.7. The molecule has 46 heavy (non-hydrogen) atoms. The van der Waals surface area contributed by atoms with Crippen LogP contribution < -0.4 is 5.32 Å². The molecule has 0 fully saturated rings. The largest absolute Gasteiger partial charge is 0.387 e. The molecule has 1 N–H and O–H groups in total. The third-order valence-corrected chi connectivity index (χ3v) is 8.91. The third-order valence-electron chi connectivity index (χ3n) is 8.91. The summed E-state index contributed by atoms with van der Waals surface area (Å²) in [7, 11) is 0. The van der Waals surface area contributed by atoms with E-state index in [1.165, 1.54) is 43.7 Å². The predicted octanol–water partition coefficient (Wildman–Crippen LogP) is 10.4. The van der Waals surface area contributed by atoms with Gasteiger partial charge in [0, 0.05) is 34.9 Å². The Kier molecular flexibility index (Phi) is 7.11. The van der Waals surface area contributed by atoms with Crippen LogP contribution in [0.3, 0.4) is 0 Å². The first-order valence-electron chi connectivity index (χ1n) is 15.3. The van der Waals surface area contributed by atoms with Crippen LogP contribution in [0.2, 0.25) is 0 Å². The molecule has 5 aromatic carbocycles. The van der Waals surface area contributed by atoms with Crippen molar-refractivity contribution in [3.63, 3.8) is 0 Å². The number of benzene rings is 5. The predicted molar refractivity (Wildman–Crippen MR) is 201 cm³/mol. The molecule has 0 amide bonds. The average molecular weight is 705 g/mol. The number of nitrogens with one attached hydrogen (secondary N) is 1. The van der Waals surface area contributed by atoms with Gasteiger partial charge in [-0.2, -0.15) is 0 Å². The van der Waals surface area contributed by atoms with Gasteiger partial charge in [-0.05, 0) is 93.5 Å². The molecule has 0 bridgehead atoms. The summed E-state index contributed by atoms with van der Waals surface area (Å²) in [6.45, 7) is 0.830. The van der Waals surface area contributed by atoms with Gasteiger partial charge in [-0.1, -0.05) is 84.9 Å². The first-order valence-corrected chi connectivity index (χ1v) is 15.3. The monoisotopic (exact) mass is 704 g/mol. The Hall–Kier alpha value is -5.27. The second-order valence-corrected chi connectivity index (χ2v) is 11.5. The average Bonchev–Trinajstić information content (AvgIpc) is 3.46. The zero-order valence-corrected chi connectivity index (χ0v) is 27.2. The first-order chi connectivity index (χ1) is 22.3. The summed E-state index contributed by atoms with van der Waals surface area (Å²) in [5, 5.41) is 9.54. The molecule has 0 atom stereocenters. The molecule has 0 spiro atoms. The van der Waals surface area contributed by atoms with E-state index in [1.807, 2.05) is 30.6 Å². The van der Waals surface area contributed by atoms with Crippen LogP contribution >= 0.6 is 24.0 Å². The van der Waals surface area contributed by atoms with E-state index < -0.39 is 0 Å². The van der Waals surface area contributed by atoms with Crippen molar-refractivity contribution in [2.24, 2.45) is 0 Å². The van der Waals surface area contributed by atoms with Gasteiger partial charge in [0.15, 0.2) is 0 Å². The molecule has 220 valence electrons. The van der Waals surface area contributed by atoms with Crippen LogP contribution in [0.5, 0.6) is 0 Å². The van der Waals surface area contributed by atoms with Crippen LogP contribution in [-0.2, 0) is 6.54 Å². The van der Waals surface area contributed by atoms with Gasteiger partial charge in [0.05, 0.1) is 28.3 Å². The maximum Gasteiger partial charge on any atom is 0.0899 e. The van der Waals surface area contributed by atoms with Crippen molar-refractivity contribution in [3.05, 3.63) is 157 Å². The van der Waals surface area contributed by atoms with Crippen LogP contribution in [0, 0.1) is 0 Å². The second kappa shape index (κ2) is 11.6. The lowest BCUT2D eigenvalue weighted by atomic mass is 9.94. The standard InChI is InChI=1S/C41H28N4.HI/c1-2-10-31-28(9-1)23-35(33-12-4-3-11-32(31)33)38-24-29(25-39(44-38)37-14-7-8-21-43-37)27-16-18-30(19-17-27)45-40-15-6-5-13-34(40)36-26-42-22-20-41(36)45;/h1-25,42H,26H2;1H. The van der Waals surface area contributed by atoms with Gasteiger partial charge < -0.3 is 9.88 Å². The third kappa shape index (κ3) is 4.66. The fourth-order valence-electron chi connectivity index (χ4n) is 6.81. The summed E-state index contributed by atoms with van der Waals surface area (Å²) < 4.78 is 2.37. The molecule has 4 nitrogen and oxygen atoms in total. The number of hydrogen-bond acceptors (Lipinski definition) is 3. The Labute approximate surface area is 284 Å².